The molecule has 33 heavy (non-hydrogen) atoms. The number of benzene rings is 1. The highest BCUT2D eigenvalue weighted by Crippen LogP contribution is 2.34. The van der Waals surface area contributed by atoms with E-state index in [-0.39, 0.29) is 17.1 Å². The summed E-state index contributed by atoms with van der Waals surface area (Å²) < 4.78 is 20.0. The Morgan fingerprint density at radius 3 is 2.67 bits per heavy atom. The number of piperazine rings is 1. The fourth-order valence-electron chi connectivity index (χ4n) is 3.78. The third-order valence-electron chi connectivity index (χ3n) is 5.70. The third kappa shape index (κ3) is 5.03. The Bertz CT molecular complexity index is 1150. The molecular weight excluding hydrogens is 423 g/mol. The van der Waals surface area contributed by atoms with Gasteiger partial charge in [-0.25, -0.2) is 4.39 Å². The maximum Gasteiger partial charge on any atom is 0.315 e. The average molecular weight is 453 g/mol. The normalized spacial score (nSPS) is 14.4. The summed E-state index contributed by atoms with van der Waals surface area (Å²) in [6.07, 6.45) is 2.98. The summed E-state index contributed by atoms with van der Waals surface area (Å²) in [5, 5.41) is 10.0. The van der Waals surface area contributed by atoms with Crippen molar-refractivity contribution in [3.05, 3.63) is 59.3 Å². The lowest BCUT2D eigenvalue weighted by Gasteiger charge is -2.31. The van der Waals surface area contributed by atoms with Gasteiger partial charge in [-0.05, 0) is 23.6 Å². The van der Waals surface area contributed by atoms with Crippen molar-refractivity contribution in [2.75, 3.05) is 31.1 Å². The third-order valence-corrected chi connectivity index (χ3v) is 5.70. The molecule has 0 bridgehead atoms. The fraction of sp³-hybridized carbons (Fsp3) is 0.417. The Morgan fingerprint density at radius 1 is 1.24 bits per heavy atom. The first-order chi connectivity index (χ1) is 15.7. The highest BCUT2D eigenvalue weighted by Gasteiger charge is 2.24. The molecule has 0 aliphatic carbocycles. The lowest BCUT2D eigenvalue weighted by Crippen LogP contribution is -2.43. The summed E-state index contributed by atoms with van der Waals surface area (Å²) >= 11 is 0. The Hall–Kier alpha value is -3.33. The number of aromatic nitrogens is 3. The Kier molecular flexibility index (Phi) is 6.42. The van der Waals surface area contributed by atoms with Crippen LogP contribution in [-0.2, 0) is 12.0 Å². The van der Waals surface area contributed by atoms with Gasteiger partial charge in [0.1, 0.15) is 0 Å². The maximum atomic E-state index is 14.9. The number of aryl methyl sites for hydroxylation is 1. The highest BCUT2D eigenvalue weighted by atomic mass is 19.1. The molecule has 2 aromatic heterocycles. The first kappa shape index (κ1) is 22.8. The zero-order valence-electron chi connectivity index (χ0n) is 19.4. The van der Waals surface area contributed by atoms with Gasteiger partial charge in [-0.3, -0.25) is 9.78 Å². The number of nitrogens with one attached hydrogen (secondary N) is 2. The number of hydrogen-bond acceptors (Lipinski definition) is 7. The highest BCUT2D eigenvalue weighted by molar-refractivity contribution is 5.89. The molecule has 0 radical (unpaired) electrons. The van der Waals surface area contributed by atoms with Crippen molar-refractivity contribution in [3.8, 4) is 11.1 Å². The van der Waals surface area contributed by atoms with Gasteiger partial charge in [-0.1, -0.05) is 44.1 Å². The molecule has 0 spiro atoms. The van der Waals surface area contributed by atoms with E-state index in [1.807, 2.05) is 45.9 Å². The van der Waals surface area contributed by atoms with Gasteiger partial charge in [-0.2, -0.15) is 4.98 Å². The number of anilines is 1. The molecule has 1 aromatic carbocycles. The quantitative estimate of drug-likeness (QED) is 0.614. The van der Waals surface area contributed by atoms with Crippen LogP contribution < -0.4 is 15.5 Å². The summed E-state index contributed by atoms with van der Waals surface area (Å²) in [6, 6.07) is 5.72. The summed E-state index contributed by atoms with van der Waals surface area (Å²) in [4.78, 5) is 22.9. The first-order valence-corrected chi connectivity index (χ1v) is 11.1. The van der Waals surface area contributed by atoms with Gasteiger partial charge >= 0.3 is 11.8 Å². The van der Waals surface area contributed by atoms with Crippen LogP contribution in [0.2, 0.25) is 0 Å². The molecule has 2 N–H and O–H groups in total. The molecule has 0 atom stereocenters. The molecule has 8 nitrogen and oxygen atoms in total. The van der Waals surface area contributed by atoms with Crippen LogP contribution in [0.15, 0.2) is 35.1 Å². The molecule has 0 saturated carbocycles. The van der Waals surface area contributed by atoms with Gasteiger partial charge in [0, 0.05) is 43.7 Å². The number of carbonyl (C=O) groups excluding carboxylic acids is 1. The standard InChI is InChI=1S/C24H29FN6O2/c1-15-11-16(20-18(25)13-27-14-19(20)31-9-7-26-8-10-31)5-6-17(15)12-28-21(32)22-29-23(30-33-22)24(2,3)4/h5-6,11,13-14,26H,7-10,12H2,1-4H3,(H,28,32). The predicted octanol–water partition coefficient (Wildman–Crippen LogP) is 3.22. The largest absolute Gasteiger partial charge is 0.367 e. The number of amides is 1. The van der Waals surface area contributed by atoms with E-state index in [2.05, 4.69) is 30.7 Å². The Balaban J connectivity index is 1.51. The molecule has 9 heteroatoms. The van der Waals surface area contributed by atoms with Crippen LogP contribution >= 0.6 is 0 Å². The van der Waals surface area contributed by atoms with Crippen molar-refractivity contribution >= 4 is 11.6 Å². The molecule has 1 saturated heterocycles. The summed E-state index contributed by atoms with van der Waals surface area (Å²) in [5.74, 6) is -0.359. The van der Waals surface area contributed by atoms with Crippen LogP contribution in [0.4, 0.5) is 10.1 Å². The zero-order chi connectivity index (χ0) is 23.6. The monoisotopic (exact) mass is 452 g/mol. The Morgan fingerprint density at radius 2 is 2.00 bits per heavy atom. The molecule has 174 valence electrons. The van der Waals surface area contributed by atoms with Crippen molar-refractivity contribution in [1.29, 1.82) is 0 Å². The average Bonchev–Trinajstić information content (AvgIpc) is 3.30. The molecule has 4 rings (SSSR count). The minimum Gasteiger partial charge on any atom is -0.367 e. The van der Waals surface area contributed by atoms with Crippen LogP contribution in [0.5, 0.6) is 0 Å². The number of hydrogen-bond donors (Lipinski definition) is 2. The molecular formula is C24H29FN6O2. The summed E-state index contributed by atoms with van der Waals surface area (Å²) in [5.41, 5.74) is 3.68. The summed E-state index contributed by atoms with van der Waals surface area (Å²) in [7, 11) is 0. The molecule has 0 unspecified atom stereocenters. The van der Waals surface area contributed by atoms with Gasteiger partial charge in [0.05, 0.1) is 18.1 Å². The number of halogens is 1. The van der Waals surface area contributed by atoms with Gasteiger partial charge in [-0.15, -0.1) is 0 Å². The van der Waals surface area contributed by atoms with Gasteiger partial charge < -0.3 is 20.1 Å². The van der Waals surface area contributed by atoms with E-state index in [1.54, 1.807) is 6.20 Å². The summed E-state index contributed by atoms with van der Waals surface area (Å²) in [6.45, 7) is 11.4. The van der Waals surface area contributed by atoms with Crippen molar-refractivity contribution in [2.45, 2.75) is 39.7 Å². The smallest absolute Gasteiger partial charge is 0.315 e. The van der Waals surface area contributed by atoms with Crippen molar-refractivity contribution in [2.24, 2.45) is 0 Å². The van der Waals surface area contributed by atoms with Crippen molar-refractivity contribution < 1.29 is 13.7 Å². The fourth-order valence-corrected chi connectivity index (χ4v) is 3.78. The molecule has 1 aliphatic heterocycles. The van der Waals surface area contributed by atoms with Gasteiger partial charge in [0.2, 0.25) is 0 Å². The molecule has 3 aromatic rings. The SMILES string of the molecule is Cc1cc(-c2c(F)cncc2N2CCNCC2)ccc1CNC(=O)c1nc(C(C)(C)C)no1. The molecule has 1 amide bonds. The lowest BCUT2D eigenvalue weighted by molar-refractivity contribution is 0.0907. The first-order valence-electron chi connectivity index (χ1n) is 11.1. The minimum absolute atomic E-state index is 0.0614. The second kappa shape index (κ2) is 9.27. The van der Waals surface area contributed by atoms with Crippen LogP contribution in [0.3, 0.4) is 0 Å². The second-order valence-corrected chi connectivity index (χ2v) is 9.25. The molecule has 3 heterocycles. The Labute approximate surface area is 192 Å². The van der Waals surface area contributed by atoms with E-state index >= 15 is 0 Å². The number of nitrogens with zero attached hydrogens (tertiary/aromatic N) is 4. The van der Waals surface area contributed by atoms with E-state index in [0.29, 0.717) is 17.9 Å². The van der Waals surface area contributed by atoms with E-state index in [4.69, 9.17) is 4.52 Å². The van der Waals surface area contributed by atoms with Gasteiger partial charge in [0.15, 0.2) is 11.6 Å². The topological polar surface area (TPSA) is 96.2 Å². The molecule has 1 fully saturated rings. The predicted molar refractivity (Wildman–Crippen MR) is 124 cm³/mol. The maximum absolute atomic E-state index is 14.9. The number of rotatable bonds is 5. The van der Waals surface area contributed by atoms with Gasteiger partial charge in [0.25, 0.3) is 0 Å². The van der Waals surface area contributed by atoms with E-state index in [9.17, 15) is 9.18 Å². The minimum atomic E-state index is -0.428. The van der Waals surface area contributed by atoms with E-state index in [1.165, 1.54) is 6.20 Å². The number of carbonyl (C=O) groups is 1. The number of pyridine rings is 1. The van der Waals surface area contributed by atoms with Crippen molar-refractivity contribution in [1.82, 2.24) is 25.8 Å². The van der Waals surface area contributed by atoms with Crippen LogP contribution in [0.25, 0.3) is 11.1 Å². The van der Waals surface area contributed by atoms with Crippen LogP contribution in [0.1, 0.15) is 48.4 Å². The van der Waals surface area contributed by atoms with Crippen LogP contribution in [-0.4, -0.2) is 47.2 Å². The van der Waals surface area contributed by atoms with Crippen LogP contribution in [0, 0.1) is 12.7 Å². The molecule has 1 aliphatic rings. The van der Waals surface area contributed by atoms with E-state index in [0.717, 1.165) is 48.6 Å². The lowest BCUT2D eigenvalue weighted by atomic mass is 9.96. The van der Waals surface area contributed by atoms with Crippen molar-refractivity contribution in [3.63, 3.8) is 0 Å². The second-order valence-electron chi connectivity index (χ2n) is 9.25. The zero-order valence-corrected chi connectivity index (χ0v) is 19.4. The van der Waals surface area contributed by atoms with E-state index < -0.39 is 5.91 Å².